The summed E-state index contributed by atoms with van der Waals surface area (Å²) in [5.41, 5.74) is 1.92. The van der Waals surface area contributed by atoms with Crippen LogP contribution in [0.15, 0.2) is 23.1 Å². The minimum absolute atomic E-state index is 0.148. The number of benzene rings is 1. The number of Topliss-reactive ketones (excluding diaryl/α,β-unsaturated/α-hetero) is 1. The van der Waals surface area contributed by atoms with E-state index in [1.54, 1.807) is 0 Å². The fourth-order valence-corrected chi connectivity index (χ4v) is 2.12. The highest BCUT2D eigenvalue weighted by Crippen LogP contribution is 2.21. The fraction of sp³-hybridized carbons (Fsp3) is 0.300. The number of thiol groups is 1. The maximum Gasteiger partial charge on any atom is 0.147 e. The number of ketones is 1. The van der Waals surface area contributed by atoms with E-state index in [0.717, 1.165) is 16.0 Å². The SMILES string of the molecule is O=C(CBr)Cc1cccc(S)c1CCl. The predicted molar refractivity (Wildman–Crippen MR) is 65.8 cm³/mol. The van der Waals surface area contributed by atoms with Gasteiger partial charge in [-0.25, -0.2) is 0 Å². The summed E-state index contributed by atoms with van der Waals surface area (Å²) in [6.45, 7) is 0. The van der Waals surface area contributed by atoms with Crippen LogP contribution in [0, 0.1) is 0 Å². The van der Waals surface area contributed by atoms with E-state index >= 15 is 0 Å². The van der Waals surface area contributed by atoms with Crippen LogP contribution in [-0.2, 0) is 17.1 Å². The second kappa shape index (κ2) is 5.79. The Bertz CT molecular complexity index is 341. The average molecular weight is 294 g/mol. The third kappa shape index (κ3) is 3.01. The van der Waals surface area contributed by atoms with Crippen molar-refractivity contribution in [2.45, 2.75) is 17.2 Å². The minimum Gasteiger partial charge on any atom is -0.298 e. The molecule has 0 saturated heterocycles. The second-order valence-corrected chi connectivity index (χ2v) is 4.21. The number of rotatable bonds is 4. The van der Waals surface area contributed by atoms with Gasteiger partial charge in [-0.3, -0.25) is 4.79 Å². The summed E-state index contributed by atoms with van der Waals surface area (Å²) in [6, 6.07) is 5.68. The Morgan fingerprint density at radius 3 is 2.79 bits per heavy atom. The summed E-state index contributed by atoms with van der Waals surface area (Å²) < 4.78 is 0. The molecule has 0 amide bonds. The van der Waals surface area contributed by atoms with Crippen LogP contribution in [0.2, 0.25) is 0 Å². The molecule has 0 N–H and O–H groups in total. The number of carbonyl (C=O) groups is 1. The lowest BCUT2D eigenvalue weighted by molar-refractivity contribution is -0.115. The third-order valence-corrected chi connectivity index (χ3v) is 3.23. The first-order valence-electron chi connectivity index (χ1n) is 4.12. The molecule has 0 aromatic heterocycles. The molecular weight excluding hydrogens is 284 g/mol. The van der Waals surface area contributed by atoms with E-state index in [1.807, 2.05) is 18.2 Å². The van der Waals surface area contributed by atoms with Gasteiger partial charge in [-0.05, 0) is 17.2 Å². The first kappa shape index (κ1) is 12.1. The van der Waals surface area contributed by atoms with Crippen LogP contribution >= 0.6 is 40.2 Å². The Kier molecular flexibility index (Phi) is 4.99. The summed E-state index contributed by atoms with van der Waals surface area (Å²) in [5, 5.41) is 0.380. The molecule has 0 saturated carbocycles. The monoisotopic (exact) mass is 292 g/mol. The number of hydrogen-bond donors (Lipinski definition) is 1. The standard InChI is InChI=1S/C10H10BrClOS/c11-5-8(13)4-7-2-1-3-10(14)9(7)6-12/h1-3,14H,4-6H2. The van der Waals surface area contributed by atoms with Crippen molar-refractivity contribution in [2.75, 3.05) is 5.33 Å². The lowest BCUT2D eigenvalue weighted by Crippen LogP contribution is -2.05. The Morgan fingerprint density at radius 2 is 2.21 bits per heavy atom. The molecule has 0 bridgehead atoms. The number of carbonyl (C=O) groups excluding carboxylic acids is 1. The van der Waals surface area contributed by atoms with Crippen molar-refractivity contribution < 1.29 is 4.79 Å². The van der Waals surface area contributed by atoms with E-state index in [2.05, 4.69) is 28.6 Å². The molecule has 0 fully saturated rings. The van der Waals surface area contributed by atoms with Crippen molar-refractivity contribution in [3.8, 4) is 0 Å². The van der Waals surface area contributed by atoms with E-state index in [1.165, 1.54) is 0 Å². The molecule has 1 rings (SSSR count). The lowest BCUT2D eigenvalue weighted by atomic mass is 10.0. The van der Waals surface area contributed by atoms with Gasteiger partial charge < -0.3 is 0 Å². The van der Waals surface area contributed by atoms with Gasteiger partial charge in [0.1, 0.15) is 5.78 Å². The van der Waals surface area contributed by atoms with Gasteiger partial charge in [0.2, 0.25) is 0 Å². The highest BCUT2D eigenvalue weighted by atomic mass is 79.9. The van der Waals surface area contributed by atoms with Crippen LogP contribution in [0.1, 0.15) is 11.1 Å². The number of alkyl halides is 2. The van der Waals surface area contributed by atoms with Gasteiger partial charge in [-0.2, -0.15) is 0 Å². The van der Waals surface area contributed by atoms with E-state index in [0.29, 0.717) is 17.6 Å². The van der Waals surface area contributed by atoms with Crippen molar-refractivity contribution in [3.63, 3.8) is 0 Å². The molecule has 14 heavy (non-hydrogen) atoms. The van der Waals surface area contributed by atoms with Gasteiger partial charge in [0.25, 0.3) is 0 Å². The third-order valence-electron chi connectivity index (χ3n) is 1.92. The first-order chi connectivity index (χ1) is 6.69. The van der Waals surface area contributed by atoms with Gasteiger partial charge in [0, 0.05) is 17.2 Å². The van der Waals surface area contributed by atoms with Gasteiger partial charge in [0.05, 0.1) is 5.33 Å². The van der Waals surface area contributed by atoms with Crippen LogP contribution in [0.4, 0.5) is 0 Å². The summed E-state index contributed by atoms with van der Waals surface area (Å²) in [6.07, 6.45) is 0.418. The topological polar surface area (TPSA) is 17.1 Å². The Morgan fingerprint density at radius 1 is 1.50 bits per heavy atom. The van der Waals surface area contributed by atoms with E-state index in [-0.39, 0.29) is 5.78 Å². The molecule has 76 valence electrons. The van der Waals surface area contributed by atoms with Crippen molar-refractivity contribution in [1.82, 2.24) is 0 Å². The number of halogens is 2. The Balaban J connectivity index is 2.96. The van der Waals surface area contributed by atoms with Gasteiger partial charge in [-0.1, -0.05) is 28.1 Å². The highest BCUT2D eigenvalue weighted by Gasteiger charge is 2.08. The maximum absolute atomic E-state index is 11.2. The van der Waals surface area contributed by atoms with E-state index in [9.17, 15) is 4.79 Å². The van der Waals surface area contributed by atoms with Crippen molar-refractivity contribution >= 4 is 45.9 Å². The molecule has 4 heteroatoms. The van der Waals surface area contributed by atoms with Crippen molar-refractivity contribution in [1.29, 1.82) is 0 Å². The fourth-order valence-electron chi connectivity index (χ4n) is 1.20. The van der Waals surface area contributed by atoms with Crippen LogP contribution < -0.4 is 0 Å². The molecule has 0 aliphatic heterocycles. The number of hydrogen-bond acceptors (Lipinski definition) is 2. The first-order valence-corrected chi connectivity index (χ1v) is 6.22. The molecule has 1 aromatic rings. The summed E-state index contributed by atoms with van der Waals surface area (Å²) in [7, 11) is 0. The molecular formula is C10H10BrClOS. The van der Waals surface area contributed by atoms with Crippen LogP contribution in [0.5, 0.6) is 0 Å². The second-order valence-electron chi connectivity index (χ2n) is 2.90. The Labute approximate surface area is 102 Å². The van der Waals surface area contributed by atoms with Crippen molar-refractivity contribution in [3.05, 3.63) is 29.3 Å². The molecule has 0 heterocycles. The van der Waals surface area contributed by atoms with E-state index < -0.39 is 0 Å². The average Bonchev–Trinajstić information content (AvgIpc) is 2.18. The summed E-state index contributed by atoms with van der Waals surface area (Å²) in [5.74, 6) is 0.542. The predicted octanol–water partition coefficient (Wildman–Crippen LogP) is 3.22. The summed E-state index contributed by atoms with van der Waals surface area (Å²) >= 11 is 13.2. The zero-order chi connectivity index (χ0) is 10.6. The highest BCUT2D eigenvalue weighted by molar-refractivity contribution is 9.09. The molecule has 0 spiro atoms. The molecule has 1 nitrogen and oxygen atoms in total. The van der Waals surface area contributed by atoms with E-state index in [4.69, 9.17) is 11.6 Å². The largest absolute Gasteiger partial charge is 0.298 e. The maximum atomic E-state index is 11.2. The smallest absolute Gasteiger partial charge is 0.147 e. The normalized spacial score (nSPS) is 10.2. The van der Waals surface area contributed by atoms with Crippen LogP contribution in [0.3, 0.4) is 0 Å². The lowest BCUT2D eigenvalue weighted by Gasteiger charge is -2.07. The van der Waals surface area contributed by atoms with Gasteiger partial charge in [-0.15, -0.1) is 24.2 Å². The van der Waals surface area contributed by atoms with Gasteiger partial charge in [0.15, 0.2) is 0 Å². The molecule has 0 radical (unpaired) electrons. The molecule has 1 aromatic carbocycles. The zero-order valence-corrected chi connectivity index (χ0v) is 10.7. The molecule has 0 unspecified atom stereocenters. The zero-order valence-electron chi connectivity index (χ0n) is 7.46. The quantitative estimate of drug-likeness (QED) is 0.666. The van der Waals surface area contributed by atoms with Crippen LogP contribution in [-0.4, -0.2) is 11.1 Å². The van der Waals surface area contributed by atoms with Crippen LogP contribution in [0.25, 0.3) is 0 Å². The Hall–Kier alpha value is 0.01000. The molecule has 0 aliphatic rings. The minimum atomic E-state index is 0.148. The van der Waals surface area contributed by atoms with Gasteiger partial charge >= 0.3 is 0 Å². The molecule has 0 atom stereocenters. The molecule has 0 aliphatic carbocycles. The summed E-state index contributed by atoms with van der Waals surface area (Å²) in [4.78, 5) is 12.1. The van der Waals surface area contributed by atoms with Crippen molar-refractivity contribution in [2.24, 2.45) is 0 Å².